The van der Waals surface area contributed by atoms with Gasteiger partial charge in [0.1, 0.15) is 11.0 Å². The molecular weight excluding hydrogens is 364 g/mol. The van der Waals surface area contributed by atoms with Crippen LogP contribution in [0.15, 0.2) is 59.3 Å². The summed E-state index contributed by atoms with van der Waals surface area (Å²) in [4.78, 5) is 12.8. The van der Waals surface area contributed by atoms with Crippen LogP contribution >= 0.6 is 27.5 Å². The summed E-state index contributed by atoms with van der Waals surface area (Å²) in [6.45, 7) is 0.640. The quantitative estimate of drug-likeness (QED) is 0.679. The smallest absolute Gasteiger partial charge is 0.164 e. The molecule has 0 saturated carbocycles. The van der Waals surface area contributed by atoms with E-state index in [0.29, 0.717) is 23.3 Å². The van der Waals surface area contributed by atoms with Gasteiger partial charge in [-0.25, -0.2) is 9.97 Å². The fraction of sp³-hybridized carbons (Fsp3) is 0.0625. The number of hydrogen-bond acceptors (Lipinski definition) is 4. The van der Waals surface area contributed by atoms with Gasteiger partial charge in [-0.15, -0.1) is 0 Å². The second-order valence-corrected chi connectivity index (χ2v) is 5.83. The van der Waals surface area contributed by atoms with Crippen LogP contribution in [0.3, 0.4) is 0 Å². The third-order valence-electron chi connectivity index (χ3n) is 3.03. The van der Waals surface area contributed by atoms with E-state index in [1.54, 1.807) is 18.5 Å². The van der Waals surface area contributed by atoms with Gasteiger partial charge in [0.25, 0.3) is 0 Å². The Hall–Kier alpha value is -1.98. The fourth-order valence-electron chi connectivity index (χ4n) is 1.96. The van der Waals surface area contributed by atoms with Crippen LogP contribution in [0.5, 0.6) is 0 Å². The molecule has 22 heavy (non-hydrogen) atoms. The van der Waals surface area contributed by atoms with E-state index >= 15 is 0 Å². The molecule has 1 aromatic carbocycles. The summed E-state index contributed by atoms with van der Waals surface area (Å²) in [6.07, 6.45) is 3.42. The summed E-state index contributed by atoms with van der Waals surface area (Å²) >= 11 is 9.62. The normalized spacial score (nSPS) is 10.5. The molecule has 3 aromatic rings. The number of aromatic nitrogens is 3. The molecule has 2 heterocycles. The van der Waals surface area contributed by atoms with Crippen LogP contribution in [0.2, 0.25) is 5.15 Å². The molecule has 0 aliphatic carbocycles. The molecule has 0 radical (unpaired) electrons. The number of hydrogen-bond donors (Lipinski definition) is 1. The van der Waals surface area contributed by atoms with Crippen molar-refractivity contribution < 1.29 is 0 Å². The first-order valence-electron chi connectivity index (χ1n) is 6.64. The molecule has 0 spiro atoms. The molecule has 1 N–H and O–H groups in total. The zero-order valence-electron chi connectivity index (χ0n) is 11.5. The Morgan fingerprint density at radius 2 is 1.95 bits per heavy atom. The van der Waals surface area contributed by atoms with Gasteiger partial charge < -0.3 is 5.32 Å². The first-order valence-corrected chi connectivity index (χ1v) is 7.82. The number of halogens is 2. The average molecular weight is 376 g/mol. The first-order chi connectivity index (χ1) is 10.7. The molecule has 2 aromatic heterocycles. The van der Waals surface area contributed by atoms with Gasteiger partial charge in [0.15, 0.2) is 5.82 Å². The molecule has 0 aliphatic rings. The highest BCUT2D eigenvalue weighted by Gasteiger charge is 2.06. The Morgan fingerprint density at radius 1 is 1.09 bits per heavy atom. The van der Waals surface area contributed by atoms with Crippen LogP contribution in [0.1, 0.15) is 5.56 Å². The minimum Gasteiger partial charge on any atom is -0.366 e. The van der Waals surface area contributed by atoms with E-state index in [4.69, 9.17) is 11.6 Å². The van der Waals surface area contributed by atoms with E-state index < -0.39 is 0 Å². The lowest BCUT2D eigenvalue weighted by atomic mass is 10.2. The van der Waals surface area contributed by atoms with E-state index in [1.165, 1.54) is 0 Å². The van der Waals surface area contributed by atoms with Gasteiger partial charge in [0.2, 0.25) is 0 Å². The van der Waals surface area contributed by atoms with Gasteiger partial charge in [-0.2, -0.15) is 0 Å². The van der Waals surface area contributed by atoms with E-state index in [9.17, 15) is 0 Å². The number of nitrogens with zero attached hydrogens (tertiary/aromatic N) is 3. The minimum atomic E-state index is 0.392. The number of rotatable bonds is 4. The highest BCUT2D eigenvalue weighted by molar-refractivity contribution is 9.10. The van der Waals surface area contributed by atoms with E-state index in [0.717, 1.165) is 15.6 Å². The number of pyridine rings is 1. The Balaban J connectivity index is 1.83. The molecule has 0 bridgehead atoms. The lowest BCUT2D eigenvalue weighted by molar-refractivity contribution is 1.08. The monoisotopic (exact) mass is 374 g/mol. The predicted molar refractivity (Wildman–Crippen MR) is 91.7 cm³/mol. The summed E-state index contributed by atoms with van der Waals surface area (Å²) < 4.78 is 1.05. The Labute approximate surface area is 141 Å². The number of benzene rings is 1. The molecule has 0 saturated heterocycles. The molecule has 110 valence electrons. The van der Waals surface area contributed by atoms with Crippen molar-refractivity contribution in [3.05, 3.63) is 70.0 Å². The summed E-state index contributed by atoms with van der Waals surface area (Å²) in [7, 11) is 0. The van der Waals surface area contributed by atoms with Crippen molar-refractivity contribution in [2.24, 2.45) is 0 Å². The van der Waals surface area contributed by atoms with Gasteiger partial charge >= 0.3 is 0 Å². The van der Waals surface area contributed by atoms with Crippen molar-refractivity contribution in [1.82, 2.24) is 15.0 Å². The van der Waals surface area contributed by atoms with Gasteiger partial charge in [-0.1, -0.05) is 45.7 Å². The van der Waals surface area contributed by atoms with Crippen molar-refractivity contribution in [3.63, 3.8) is 0 Å². The van der Waals surface area contributed by atoms with E-state index in [-0.39, 0.29) is 0 Å². The molecule has 3 rings (SSSR count). The van der Waals surface area contributed by atoms with Gasteiger partial charge in [-0.05, 0) is 23.8 Å². The van der Waals surface area contributed by atoms with Crippen LogP contribution in [0.25, 0.3) is 11.4 Å². The Bertz CT molecular complexity index is 780. The van der Waals surface area contributed by atoms with Crippen LogP contribution < -0.4 is 5.32 Å². The first kappa shape index (κ1) is 14.9. The van der Waals surface area contributed by atoms with Crippen molar-refractivity contribution in [2.45, 2.75) is 6.54 Å². The third kappa shape index (κ3) is 3.61. The van der Waals surface area contributed by atoms with Crippen LogP contribution in [0, 0.1) is 0 Å². The lowest BCUT2D eigenvalue weighted by Crippen LogP contribution is -2.03. The summed E-state index contributed by atoms with van der Waals surface area (Å²) in [5.74, 6) is 1.23. The maximum Gasteiger partial charge on any atom is 0.164 e. The highest BCUT2D eigenvalue weighted by atomic mass is 79.9. The van der Waals surface area contributed by atoms with Gasteiger partial charge in [0.05, 0.1) is 0 Å². The molecule has 0 amide bonds. The van der Waals surface area contributed by atoms with Crippen molar-refractivity contribution >= 4 is 33.3 Å². The molecule has 0 atom stereocenters. The minimum absolute atomic E-state index is 0.392. The average Bonchev–Trinajstić information content (AvgIpc) is 2.54. The summed E-state index contributed by atoms with van der Waals surface area (Å²) in [5.41, 5.74) is 1.97. The second-order valence-electron chi connectivity index (χ2n) is 4.59. The number of anilines is 1. The van der Waals surface area contributed by atoms with Crippen LogP contribution in [-0.2, 0) is 6.54 Å². The Kier molecular flexibility index (Phi) is 4.65. The Morgan fingerprint density at radius 3 is 2.73 bits per heavy atom. The van der Waals surface area contributed by atoms with E-state index in [2.05, 4.69) is 36.2 Å². The summed E-state index contributed by atoms with van der Waals surface area (Å²) in [6, 6.07) is 13.5. The topological polar surface area (TPSA) is 50.7 Å². The van der Waals surface area contributed by atoms with Crippen LogP contribution in [0.4, 0.5) is 5.82 Å². The number of nitrogens with one attached hydrogen (secondary N) is 1. The van der Waals surface area contributed by atoms with Crippen molar-refractivity contribution in [2.75, 3.05) is 5.32 Å². The molecule has 4 nitrogen and oxygen atoms in total. The molecule has 0 fully saturated rings. The molecular formula is C16H12BrClN4. The molecule has 0 unspecified atom stereocenters. The summed E-state index contributed by atoms with van der Waals surface area (Å²) in [5, 5.41) is 3.66. The standard InChI is InChI=1S/C16H12BrClN4/c17-13-6-2-1-4-11(13)10-20-15-8-14(18)21-16(22-15)12-5-3-7-19-9-12/h1-9H,10H2,(H,20,21,22). The van der Waals surface area contributed by atoms with Crippen molar-refractivity contribution in [1.29, 1.82) is 0 Å². The zero-order valence-corrected chi connectivity index (χ0v) is 13.8. The van der Waals surface area contributed by atoms with Gasteiger partial charge in [-0.3, -0.25) is 4.98 Å². The zero-order chi connectivity index (χ0) is 15.4. The van der Waals surface area contributed by atoms with Crippen molar-refractivity contribution in [3.8, 4) is 11.4 Å². The predicted octanol–water partition coefficient (Wildman–Crippen LogP) is 4.57. The highest BCUT2D eigenvalue weighted by Crippen LogP contribution is 2.21. The molecule has 6 heteroatoms. The lowest BCUT2D eigenvalue weighted by Gasteiger charge is -2.09. The third-order valence-corrected chi connectivity index (χ3v) is 4.00. The maximum absolute atomic E-state index is 6.09. The maximum atomic E-state index is 6.09. The SMILES string of the molecule is Clc1cc(NCc2ccccc2Br)nc(-c2cccnc2)n1. The van der Waals surface area contributed by atoms with Crippen LogP contribution in [-0.4, -0.2) is 15.0 Å². The second kappa shape index (κ2) is 6.85. The molecule has 0 aliphatic heterocycles. The fourth-order valence-corrected chi connectivity index (χ4v) is 2.57. The largest absolute Gasteiger partial charge is 0.366 e. The van der Waals surface area contributed by atoms with Gasteiger partial charge in [0, 0.05) is 35.0 Å². The van der Waals surface area contributed by atoms with E-state index in [1.807, 2.05) is 36.4 Å².